The van der Waals surface area contributed by atoms with Crippen LogP contribution in [0.1, 0.15) is 17.2 Å². The Morgan fingerprint density at radius 1 is 1.18 bits per heavy atom. The SMILES string of the molecule is C=C[C@H](c1ccc(F)c(C(F)(F)F)c1)N1CCNCC1.Cl.Cl. The van der Waals surface area contributed by atoms with E-state index < -0.39 is 17.6 Å². The quantitative estimate of drug-likeness (QED) is 0.651. The largest absolute Gasteiger partial charge is 0.419 e. The molecule has 1 heterocycles. The number of hydrogen-bond acceptors (Lipinski definition) is 2. The lowest BCUT2D eigenvalue weighted by atomic mass is 10.0. The van der Waals surface area contributed by atoms with Crippen molar-refractivity contribution in [2.45, 2.75) is 12.2 Å². The molecule has 0 aliphatic carbocycles. The van der Waals surface area contributed by atoms with Crippen molar-refractivity contribution in [3.63, 3.8) is 0 Å². The van der Waals surface area contributed by atoms with Crippen LogP contribution in [0.3, 0.4) is 0 Å². The van der Waals surface area contributed by atoms with Gasteiger partial charge in [0.2, 0.25) is 0 Å². The molecule has 0 radical (unpaired) electrons. The first-order chi connectivity index (χ1) is 9.43. The third kappa shape index (κ3) is 4.84. The molecule has 1 aliphatic rings. The monoisotopic (exact) mass is 360 g/mol. The van der Waals surface area contributed by atoms with Gasteiger partial charge in [-0.2, -0.15) is 13.2 Å². The van der Waals surface area contributed by atoms with E-state index in [2.05, 4.69) is 11.9 Å². The molecule has 22 heavy (non-hydrogen) atoms. The molecule has 8 heteroatoms. The van der Waals surface area contributed by atoms with Crippen molar-refractivity contribution in [1.82, 2.24) is 10.2 Å². The number of nitrogens with one attached hydrogen (secondary N) is 1. The van der Waals surface area contributed by atoms with Gasteiger partial charge in [-0.05, 0) is 17.7 Å². The second kappa shape index (κ2) is 8.72. The van der Waals surface area contributed by atoms with Gasteiger partial charge in [-0.25, -0.2) is 4.39 Å². The van der Waals surface area contributed by atoms with Crippen LogP contribution in [0.4, 0.5) is 17.6 Å². The number of hydrogen-bond donors (Lipinski definition) is 1. The summed E-state index contributed by atoms with van der Waals surface area (Å²) >= 11 is 0. The Balaban J connectivity index is 0.00000220. The Morgan fingerprint density at radius 3 is 2.27 bits per heavy atom. The highest BCUT2D eigenvalue weighted by Crippen LogP contribution is 2.34. The molecule has 0 saturated carbocycles. The molecular weight excluding hydrogens is 343 g/mol. The van der Waals surface area contributed by atoms with Crippen molar-refractivity contribution in [2.24, 2.45) is 0 Å². The van der Waals surface area contributed by atoms with E-state index in [4.69, 9.17) is 0 Å². The smallest absolute Gasteiger partial charge is 0.314 e. The molecule has 0 unspecified atom stereocenters. The molecule has 0 aromatic heterocycles. The maximum atomic E-state index is 13.3. The average molecular weight is 361 g/mol. The van der Waals surface area contributed by atoms with Crippen LogP contribution < -0.4 is 5.32 Å². The minimum absolute atomic E-state index is 0. The zero-order valence-electron chi connectivity index (χ0n) is 11.7. The second-order valence-electron chi connectivity index (χ2n) is 4.70. The van der Waals surface area contributed by atoms with Crippen molar-refractivity contribution in [3.05, 3.63) is 47.8 Å². The van der Waals surface area contributed by atoms with Gasteiger partial charge in [0.1, 0.15) is 5.82 Å². The fourth-order valence-electron chi connectivity index (χ4n) is 2.40. The number of alkyl halides is 3. The molecule has 1 fully saturated rings. The molecule has 1 aliphatic heterocycles. The average Bonchev–Trinajstić information content (AvgIpc) is 2.41. The third-order valence-corrected chi connectivity index (χ3v) is 3.41. The first-order valence-electron chi connectivity index (χ1n) is 6.37. The molecule has 0 bridgehead atoms. The van der Waals surface area contributed by atoms with Gasteiger partial charge >= 0.3 is 6.18 Å². The number of benzene rings is 1. The van der Waals surface area contributed by atoms with Gasteiger partial charge in [0, 0.05) is 26.2 Å². The molecule has 1 aromatic carbocycles. The second-order valence-corrected chi connectivity index (χ2v) is 4.70. The maximum Gasteiger partial charge on any atom is 0.419 e. The minimum Gasteiger partial charge on any atom is -0.314 e. The zero-order valence-corrected chi connectivity index (χ0v) is 13.3. The van der Waals surface area contributed by atoms with Crippen molar-refractivity contribution in [2.75, 3.05) is 26.2 Å². The van der Waals surface area contributed by atoms with Crippen molar-refractivity contribution in [3.8, 4) is 0 Å². The standard InChI is InChI=1S/C14H16F4N2.2ClH/c1-2-13(20-7-5-19-6-8-20)10-3-4-12(15)11(9-10)14(16,17)18;;/h2-4,9,13,19H,1,5-8H2;2*1H/t13-;;/m1../s1. The first kappa shape index (κ1) is 21.2. The summed E-state index contributed by atoms with van der Waals surface area (Å²) in [6.07, 6.45) is -3.09. The van der Waals surface area contributed by atoms with E-state index in [9.17, 15) is 17.6 Å². The van der Waals surface area contributed by atoms with E-state index in [1.54, 1.807) is 6.08 Å². The van der Waals surface area contributed by atoms with Crippen LogP contribution in [0, 0.1) is 5.82 Å². The van der Waals surface area contributed by atoms with E-state index >= 15 is 0 Å². The number of piperazine rings is 1. The Kier molecular flexibility index (Phi) is 8.39. The zero-order chi connectivity index (χ0) is 14.8. The predicted octanol–water partition coefficient (Wildman–Crippen LogP) is 3.82. The van der Waals surface area contributed by atoms with Crippen molar-refractivity contribution < 1.29 is 17.6 Å². The van der Waals surface area contributed by atoms with Crippen LogP contribution in [0.2, 0.25) is 0 Å². The number of nitrogens with zero attached hydrogens (tertiary/aromatic N) is 1. The molecule has 1 N–H and O–H groups in total. The van der Waals surface area contributed by atoms with Crippen LogP contribution >= 0.6 is 24.8 Å². The molecule has 0 amide bonds. The molecule has 2 rings (SSSR count). The summed E-state index contributed by atoms with van der Waals surface area (Å²) in [5.41, 5.74) is -0.812. The molecule has 1 saturated heterocycles. The van der Waals surface area contributed by atoms with Gasteiger partial charge in [0.05, 0.1) is 11.6 Å². The van der Waals surface area contributed by atoms with E-state index in [-0.39, 0.29) is 30.9 Å². The van der Waals surface area contributed by atoms with Gasteiger partial charge < -0.3 is 5.32 Å². The lowest BCUT2D eigenvalue weighted by molar-refractivity contribution is -0.140. The summed E-state index contributed by atoms with van der Waals surface area (Å²) in [7, 11) is 0. The molecule has 1 aromatic rings. The number of rotatable bonds is 3. The van der Waals surface area contributed by atoms with E-state index in [1.165, 1.54) is 6.07 Å². The predicted molar refractivity (Wildman–Crippen MR) is 83.3 cm³/mol. The lowest BCUT2D eigenvalue weighted by Crippen LogP contribution is -2.44. The summed E-state index contributed by atoms with van der Waals surface area (Å²) in [5.74, 6) is -1.25. The highest BCUT2D eigenvalue weighted by Gasteiger charge is 2.35. The normalized spacial score (nSPS) is 17.1. The van der Waals surface area contributed by atoms with E-state index in [0.29, 0.717) is 5.56 Å². The maximum absolute atomic E-state index is 13.3. The highest BCUT2D eigenvalue weighted by molar-refractivity contribution is 5.85. The summed E-state index contributed by atoms with van der Waals surface area (Å²) in [6.45, 7) is 6.68. The van der Waals surface area contributed by atoms with Gasteiger partial charge in [0.15, 0.2) is 0 Å². The topological polar surface area (TPSA) is 15.3 Å². The first-order valence-corrected chi connectivity index (χ1v) is 6.37. The molecule has 126 valence electrons. The Labute approximate surface area is 139 Å². The molecule has 0 spiro atoms. The minimum atomic E-state index is -4.69. The Morgan fingerprint density at radius 2 is 1.77 bits per heavy atom. The van der Waals surface area contributed by atoms with Gasteiger partial charge in [-0.1, -0.05) is 12.1 Å². The van der Waals surface area contributed by atoms with Crippen molar-refractivity contribution in [1.29, 1.82) is 0 Å². The van der Waals surface area contributed by atoms with Crippen LogP contribution in [0.25, 0.3) is 0 Å². The fraction of sp³-hybridized carbons (Fsp3) is 0.429. The van der Waals surface area contributed by atoms with Crippen molar-refractivity contribution >= 4 is 24.8 Å². The van der Waals surface area contributed by atoms with Gasteiger partial charge in [-0.15, -0.1) is 31.4 Å². The Hall–Kier alpha value is -0.820. The summed E-state index contributed by atoms with van der Waals surface area (Å²) < 4.78 is 51.6. The number of halogens is 6. The van der Waals surface area contributed by atoms with Crippen LogP contribution in [0.15, 0.2) is 30.9 Å². The fourth-order valence-corrected chi connectivity index (χ4v) is 2.40. The molecule has 1 atom stereocenters. The van der Waals surface area contributed by atoms with E-state index in [0.717, 1.165) is 38.3 Å². The lowest BCUT2D eigenvalue weighted by Gasteiger charge is -2.33. The van der Waals surface area contributed by atoms with Crippen LogP contribution in [-0.2, 0) is 6.18 Å². The van der Waals surface area contributed by atoms with E-state index in [1.807, 2.05) is 4.90 Å². The molecular formula is C14H18Cl2F4N2. The Bertz CT molecular complexity index is 488. The summed E-state index contributed by atoms with van der Waals surface area (Å²) in [5, 5.41) is 3.17. The summed E-state index contributed by atoms with van der Waals surface area (Å²) in [4.78, 5) is 2.02. The van der Waals surface area contributed by atoms with Crippen LogP contribution in [0.5, 0.6) is 0 Å². The van der Waals surface area contributed by atoms with Gasteiger partial charge in [0.25, 0.3) is 0 Å². The van der Waals surface area contributed by atoms with Gasteiger partial charge in [-0.3, -0.25) is 4.90 Å². The highest BCUT2D eigenvalue weighted by atomic mass is 35.5. The summed E-state index contributed by atoms with van der Waals surface area (Å²) in [6, 6.07) is 2.80. The van der Waals surface area contributed by atoms with Crippen LogP contribution in [-0.4, -0.2) is 31.1 Å². The third-order valence-electron chi connectivity index (χ3n) is 3.41. The molecule has 2 nitrogen and oxygen atoms in total.